The standard InChI is InChI=1S/C15H14F3NO/c1-2-19(12-5-3-4-11(16)8-12)15-13(17)6-10(9-20)7-14(15)18/h3-8,20H,2,9H2,1H3. The van der Waals surface area contributed by atoms with E-state index in [0.29, 0.717) is 5.69 Å². The van der Waals surface area contributed by atoms with Crippen LogP contribution >= 0.6 is 0 Å². The van der Waals surface area contributed by atoms with Crippen molar-refractivity contribution < 1.29 is 18.3 Å². The number of aliphatic hydroxyl groups excluding tert-OH is 1. The smallest absolute Gasteiger partial charge is 0.150 e. The molecule has 0 saturated heterocycles. The van der Waals surface area contributed by atoms with Gasteiger partial charge in [0.1, 0.15) is 23.1 Å². The molecule has 0 spiro atoms. The van der Waals surface area contributed by atoms with Gasteiger partial charge in [-0.05, 0) is 42.8 Å². The van der Waals surface area contributed by atoms with Gasteiger partial charge in [0.2, 0.25) is 0 Å². The second-order valence-corrected chi connectivity index (χ2v) is 4.29. The Morgan fingerprint density at radius 1 is 1.05 bits per heavy atom. The van der Waals surface area contributed by atoms with Crippen molar-refractivity contribution in [1.82, 2.24) is 0 Å². The third kappa shape index (κ3) is 2.77. The minimum Gasteiger partial charge on any atom is -0.392 e. The lowest BCUT2D eigenvalue weighted by molar-refractivity contribution is 0.280. The molecule has 0 radical (unpaired) electrons. The second-order valence-electron chi connectivity index (χ2n) is 4.29. The quantitative estimate of drug-likeness (QED) is 0.922. The summed E-state index contributed by atoms with van der Waals surface area (Å²) in [5.74, 6) is -2.06. The van der Waals surface area contributed by atoms with E-state index in [1.54, 1.807) is 13.0 Å². The Hall–Kier alpha value is -2.01. The van der Waals surface area contributed by atoms with E-state index in [0.717, 1.165) is 12.1 Å². The molecule has 0 heterocycles. The number of hydrogen-bond donors (Lipinski definition) is 1. The number of hydrogen-bond acceptors (Lipinski definition) is 2. The molecule has 0 aliphatic carbocycles. The van der Waals surface area contributed by atoms with Crippen molar-refractivity contribution >= 4 is 11.4 Å². The Kier molecular flexibility index (Phi) is 4.29. The van der Waals surface area contributed by atoms with E-state index in [4.69, 9.17) is 5.11 Å². The van der Waals surface area contributed by atoms with Crippen molar-refractivity contribution in [3.05, 3.63) is 59.4 Å². The summed E-state index contributed by atoms with van der Waals surface area (Å²) in [5.41, 5.74) is 0.261. The lowest BCUT2D eigenvalue weighted by Gasteiger charge is -2.24. The molecule has 2 rings (SSSR count). The highest BCUT2D eigenvalue weighted by atomic mass is 19.1. The van der Waals surface area contributed by atoms with Gasteiger partial charge >= 0.3 is 0 Å². The van der Waals surface area contributed by atoms with Crippen LogP contribution in [0.3, 0.4) is 0 Å². The largest absolute Gasteiger partial charge is 0.392 e. The lowest BCUT2D eigenvalue weighted by Crippen LogP contribution is -2.19. The molecule has 2 aromatic rings. The third-order valence-corrected chi connectivity index (χ3v) is 2.97. The van der Waals surface area contributed by atoms with Gasteiger partial charge in [0, 0.05) is 12.2 Å². The zero-order valence-corrected chi connectivity index (χ0v) is 10.9. The first kappa shape index (κ1) is 14.4. The van der Waals surface area contributed by atoms with Crippen LogP contribution in [0.15, 0.2) is 36.4 Å². The van der Waals surface area contributed by atoms with Crippen LogP contribution < -0.4 is 4.90 Å². The summed E-state index contributed by atoms with van der Waals surface area (Å²) < 4.78 is 41.3. The molecule has 106 valence electrons. The topological polar surface area (TPSA) is 23.5 Å². The molecule has 0 unspecified atom stereocenters. The predicted molar refractivity (Wildman–Crippen MR) is 71.4 cm³/mol. The highest BCUT2D eigenvalue weighted by Gasteiger charge is 2.18. The van der Waals surface area contributed by atoms with E-state index in [9.17, 15) is 13.2 Å². The van der Waals surface area contributed by atoms with Crippen molar-refractivity contribution in [1.29, 1.82) is 0 Å². The van der Waals surface area contributed by atoms with E-state index < -0.39 is 24.1 Å². The zero-order valence-electron chi connectivity index (χ0n) is 10.9. The molecule has 1 N–H and O–H groups in total. The van der Waals surface area contributed by atoms with Gasteiger partial charge in [-0.3, -0.25) is 0 Å². The Labute approximate surface area is 115 Å². The number of aliphatic hydroxyl groups is 1. The highest BCUT2D eigenvalue weighted by molar-refractivity contribution is 5.64. The molecule has 0 saturated carbocycles. The number of halogens is 3. The molecular weight excluding hydrogens is 267 g/mol. The van der Waals surface area contributed by atoms with Gasteiger partial charge < -0.3 is 10.0 Å². The molecule has 0 aromatic heterocycles. The summed E-state index contributed by atoms with van der Waals surface area (Å²) in [7, 11) is 0. The van der Waals surface area contributed by atoms with Crippen molar-refractivity contribution in [3.63, 3.8) is 0 Å². The minimum absolute atomic E-state index is 0.152. The van der Waals surface area contributed by atoms with Crippen molar-refractivity contribution in [2.24, 2.45) is 0 Å². The van der Waals surface area contributed by atoms with Crippen LogP contribution in [0.4, 0.5) is 24.5 Å². The van der Waals surface area contributed by atoms with Gasteiger partial charge in [-0.15, -0.1) is 0 Å². The highest BCUT2D eigenvalue weighted by Crippen LogP contribution is 2.31. The van der Waals surface area contributed by atoms with Gasteiger partial charge in [-0.2, -0.15) is 0 Å². The van der Waals surface area contributed by atoms with Crippen molar-refractivity contribution in [2.45, 2.75) is 13.5 Å². The van der Waals surface area contributed by atoms with E-state index in [1.165, 1.54) is 23.1 Å². The third-order valence-electron chi connectivity index (χ3n) is 2.97. The Bertz CT molecular complexity index is 593. The van der Waals surface area contributed by atoms with E-state index in [2.05, 4.69) is 0 Å². The van der Waals surface area contributed by atoms with Crippen LogP contribution in [-0.2, 0) is 6.61 Å². The molecule has 5 heteroatoms. The van der Waals surface area contributed by atoms with Crippen LogP contribution in [0, 0.1) is 17.5 Å². The minimum atomic E-state index is -0.792. The fourth-order valence-corrected chi connectivity index (χ4v) is 2.08. The SMILES string of the molecule is CCN(c1cccc(F)c1)c1c(F)cc(CO)cc1F. The molecule has 0 aliphatic heterocycles. The van der Waals surface area contributed by atoms with Gasteiger partial charge in [0.05, 0.1) is 6.61 Å². The number of nitrogens with zero attached hydrogens (tertiary/aromatic N) is 1. The van der Waals surface area contributed by atoms with Gasteiger partial charge in [-0.25, -0.2) is 13.2 Å². The van der Waals surface area contributed by atoms with Gasteiger partial charge in [0.25, 0.3) is 0 Å². The van der Waals surface area contributed by atoms with Gasteiger partial charge in [0.15, 0.2) is 0 Å². The Morgan fingerprint density at radius 2 is 1.70 bits per heavy atom. The molecule has 0 fully saturated rings. The van der Waals surface area contributed by atoms with E-state index in [1.807, 2.05) is 0 Å². The molecule has 0 amide bonds. The van der Waals surface area contributed by atoms with Crippen LogP contribution in [-0.4, -0.2) is 11.7 Å². The normalized spacial score (nSPS) is 10.7. The van der Waals surface area contributed by atoms with Gasteiger partial charge in [-0.1, -0.05) is 6.07 Å². The first-order chi connectivity index (χ1) is 9.56. The molecule has 0 bridgehead atoms. The monoisotopic (exact) mass is 281 g/mol. The van der Waals surface area contributed by atoms with Crippen molar-refractivity contribution in [2.75, 3.05) is 11.4 Å². The maximum Gasteiger partial charge on any atom is 0.150 e. The summed E-state index contributed by atoms with van der Waals surface area (Å²) in [4.78, 5) is 1.34. The fourth-order valence-electron chi connectivity index (χ4n) is 2.08. The van der Waals surface area contributed by atoms with Crippen molar-refractivity contribution in [3.8, 4) is 0 Å². The van der Waals surface area contributed by atoms with E-state index in [-0.39, 0.29) is 17.8 Å². The maximum absolute atomic E-state index is 14.0. The average Bonchev–Trinajstić information content (AvgIpc) is 2.42. The second kappa shape index (κ2) is 5.96. The molecule has 20 heavy (non-hydrogen) atoms. The first-order valence-electron chi connectivity index (χ1n) is 6.18. The fraction of sp³-hybridized carbons (Fsp3) is 0.200. The molecular formula is C15H14F3NO. The average molecular weight is 281 g/mol. The molecule has 2 aromatic carbocycles. The van der Waals surface area contributed by atoms with Crippen LogP contribution in [0.1, 0.15) is 12.5 Å². The van der Waals surface area contributed by atoms with Crippen LogP contribution in [0.5, 0.6) is 0 Å². The lowest BCUT2D eigenvalue weighted by atomic mass is 10.1. The maximum atomic E-state index is 14.0. The van der Waals surface area contributed by atoms with E-state index >= 15 is 0 Å². The summed E-state index contributed by atoms with van der Waals surface area (Å²) >= 11 is 0. The number of benzene rings is 2. The molecule has 2 nitrogen and oxygen atoms in total. The first-order valence-corrected chi connectivity index (χ1v) is 6.18. The zero-order chi connectivity index (χ0) is 14.7. The summed E-state index contributed by atoms with van der Waals surface area (Å²) in [6.45, 7) is 1.54. The van der Waals surface area contributed by atoms with Crippen LogP contribution in [0.25, 0.3) is 0 Å². The summed E-state index contributed by atoms with van der Waals surface area (Å²) in [5, 5.41) is 8.93. The summed E-state index contributed by atoms with van der Waals surface area (Å²) in [6.07, 6.45) is 0. The Morgan fingerprint density at radius 3 is 2.20 bits per heavy atom. The van der Waals surface area contributed by atoms with Crippen LogP contribution in [0.2, 0.25) is 0 Å². The number of anilines is 2. The Balaban J connectivity index is 2.52. The molecule has 0 atom stereocenters. The number of rotatable bonds is 4. The summed E-state index contributed by atoms with van der Waals surface area (Å²) in [6, 6.07) is 7.67. The molecule has 0 aliphatic rings. The predicted octanol–water partition coefficient (Wildman–Crippen LogP) is 3.75.